The Bertz CT molecular complexity index is 776. The SMILES string of the molecule is CCS(=O)(=O)C1CN(C(=O)c2ccc(Cn3ccnc3)cc2)C1. The molecule has 1 saturated heterocycles. The van der Waals surface area contributed by atoms with Gasteiger partial charge in [-0.2, -0.15) is 0 Å². The van der Waals surface area contributed by atoms with Crippen LogP contribution in [0.2, 0.25) is 0 Å². The van der Waals surface area contributed by atoms with Crippen molar-refractivity contribution in [3.63, 3.8) is 0 Å². The second-order valence-electron chi connectivity index (χ2n) is 5.72. The number of sulfone groups is 1. The Kier molecular flexibility index (Phi) is 4.21. The third-order valence-electron chi connectivity index (χ3n) is 4.17. The van der Waals surface area contributed by atoms with Crippen molar-refractivity contribution in [3.05, 3.63) is 54.1 Å². The molecule has 2 aromatic rings. The number of hydrogen-bond donors (Lipinski definition) is 0. The maximum atomic E-state index is 12.3. The van der Waals surface area contributed by atoms with Crippen LogP contribution in [0.3, 0.4) is 0 Å². The zero-order chi connectivity index (χ0) is 16.4. The van der Waals surface area contributed by atoms with Gasteiger partial charge in [-0.15, -0.1) is 0 Å². The van der Waals surface area contributed by atoms with E-state index >= 15 is 0 Å². The Morgan fingerprint density at radius 3 is 2.52 bits per heavy atom. The summed E-state index contributed by atoms with van der Waals surface area (Å²) in [6.07, 6.45) is 5.35. The molecule has 0 bridgehead atoms. The number of carbonyl (C=O) groups is 1. The molecule has 0 unspecified atom stereocenters. The summed E-state index contributed by atoms with van der Waals surface area (Å²) in [7, 11) is -3.05. The van der Waals surface area contributed by atoms with E-state index in [1.807, 2.05) is 22.9 Å². The monoisotopic (exact) mass is 333 g/mol. The van der Waals surface area contributed by atoms with Crippen molar-refractivity contribution in [2.45, 2.75) is 18.7 Å². The molecule has 0 saturated carbocycles. The van der Waals surface area contributed by atoms with E-state index in [1.54, 1.807) is 36.5 Å². The van der Waals surface area contributed by atoms with Crippen LogP contribution < -0.4 is 0 Å². The minimum atomic E-state index is -3.05. The van der Waals surface area contributed by atoms with Crippen molar-refractivity contribution in [2.75, 3.05) is 18.8 Å². The average molecular weight is 333 g/mol. The van der Waals surface area contributed by atoms with E-state index in [0.29, 0.717) is 25.2 Å². The van der Waals surface area contributed by atoms with Gasteiger partial charge in [-0.25, -0.2) is 13.4 Å². The van der Waals surface area contributed by atoms with Gasteiger partial charge in [-0.3, -0.25) is 4.79 Å². The van der Waals surface area contributed by atoms with Crippen molar-refractivity contribution < 1.29 is 13.2 Å². The number of likely N-dealkylation sites (tertiary alicyclic amines) is 1. The second-order valence-corrected chi connectivity index (χ2v) is 8.29. The van der Waals surface area contributed by atoms with E-state index in [0.717, 1.165) is 5.56 Å². The fraction of sp³-hybridized carbons (Fsp3) is 0.375. The number of imidazole rings is 1. The van der Waals surface area contributed by atoms with E-state index < -0.39 is 15.1 Å². The van der Waals surface area contributed by atoms with E-state index in [4.69, 9.17) is 0 Å². The molecular formula is C16H19N3O3S. The quantitative estimate of drug-likeness (QED) is 0.824. The van der Waals surface area contributed by atoms with Gasteiger partial charge < -0.3 is 9.47 Å². The predicted octanol–water partition coefficient (Wildman–Crippen LogP) is 1.19. The van der Waals surface area contributed by atoms with Crippen molar-refractivity contribution in [1.82, 2.24) is 14.5 Å². The Balaban J connectivity index is 1.61. The topological polar surface area (TPSA) is 72.3 Å². The molecule has 1 amide bonds. The van der Waals surface area contributed by atoms with Gasteiger partial charge in [0, 0.05) is 43.3 Å². The van der Waals surface area contributed by atoms with Gasteiger partial charge >= 0.3 is 0 Å². The summed E-state index contributed by atoms with van der Waals surface area (Å²) < 4.78 is 25.4. The highest BCUT2D eigenvalue weighted by Gasteiger charge is 2.38. The highest BCUT2D eigenvalue weighted by atomic mass is 32.2. The Hall–Kier alpha value is -2.15. The summed E-state index contributed by atoms with van der Waals surface area (Å²) in [5, 5.41) is -0.406. The molecule has 1 aromatic carbocycles. The lowest BCUT2D eigenvalue weighted by Gasteiger charge is -2.38. The largest absolute Gasteiger partial charge is 0.336 e. The molecule has 1 aromatic heterocycles. The summed E-state index contributed by atoms with van der Waals surface area (Å²) in [4.78, 5) is 17.9. The molecular weight excluding hydrogens is 314 g/mol. The van der Waals surface area contributed by atoms with E-state index in [9.17, 15) is 13.2 Å². The van der Waals surface area contributed by atoms with Gasteiger partial charge in [0.2, 0.25) is 0 Å². The molecule has 0 spiro atoms. The highest BCUT2D eigenvalue weighted by molar-refractivity contribution is 7.92. The normalized spacial score (nSPS) is 15.4. The van der Waals surface area contributed by atoms with Crippen LogP contribution in [-0.2, 0) is 16.4 Å². The van der Waals surface area contributed by atoms with Crippen LogP contribution in [0.15, 0.2) is 43.0 Å². The van der Waals surface area contributed by atoms with Crippen LogP contribution in [-0.4, -0.2) is 52.9 Å². The smallest absolute Gasteiger partial charge is 0.253 e. The second kappa shape index (κ2) is 6.16. The average Bonchev–Trinajstić information content (AvgIpc) is 2.99. The van der Waals surface area contributed by atoms with Crippen molar-refractivity contribution in [3.8, 4) is 0 Å². The van der Waals surface area contributed by atoms with Crippen LogP contribution >= 0.6 is 0 Å². The number of nitrogens with zero attached hydrogens (tertiary/aromatic N) is 3. The Morgan fingerprint density at radius 1 is 1.26 bits per heavy atom. The molecule has 122 valence electrons. The molecule has 0 atom stereocenters. The van der Waals surface area contributed by atoms with Crippen molar-refractivity contribution in [1.29, 1.82) is 0 Å². The minimum Gasteiger partial charge on any atom is -0.336 e. The maximum absolute atomic E-state index is 12.3. The summed E-state index contributed by atoms with van der Waals surface area (Å²) in [6, 6.07) is 7.40. The number of amides is 1. The first-order valence-electron chi connectivity index (χ1n) is 7.55. The zero-order valence-electron chi connectivity index (χ0n) is 12.9. The minimum absolute atomic E-state index is 0.110. The summed E-state index contributed by atoms with van der Waals surface area (Å²) in [6.45, 7) is 2.94. The van der Waals surface area contributed by atoms with E-state index in [1.165, 1.54) is 0 Å². The van der Waals surface area contributed by atoms with Crippen LogP contribution in [0.1, 0.15) is 22.8 Å². The molecule has 1 aliphatic heterocycles. The fourth-order valence-corrected chi connectivity index (χ4v) is 3.88. The van der Waals surface area contributed by atoms with Gasteiger partial charge in [-0.05, 0) is 17.7 Å². The first kappa shape index (κ1) is 15.7. The number of benzene rings is 1. The number of carbonyl (C=O) groups excluding carboxylic acids is 1. The molecule has 6 nitrogen and oxygen atoms in total. The van der Waals surface area contributed by atoms with E-state index in [2.05, 4.69) is 4.98 Å². The molecule has 1 aliphatic rings. The van der Waals surface area contributed by atoms with Crippen LogP contribution in [0.4, 0.5) is 0 Å². The molecule has 23 heavy (non-hydrogen) atoms. The van der Waals surface area contributed by atoms with Crippen LogP contribution in [0.5, 0.6) is 0 Å². The Morgan fingerprint density at radius 2 is 1.96 bits per heavy atom. The molecule has 1 fully saturated rings. The number of rotatable bonds is 5. The lowest BCUT2D eigenvalue weighted by atomic mass is 10.1. The predicted molar refractivity (Wildman–Crippen MR) is 86.9 cm³/mol. The zero-order valence-corrected chi connectivity index (χ0v) is 13.7. The lowest BCUT2D eigenvalue weighted by molar-refractivity contribution is 0.0659. The first-order valence-corrected chi connectivity index (χ1v) is 9.26. The van der Waals surface area contributed by atoms with Gasteiger partial charge in [0.15, 0.2) is 9.84 Å². The first-order chi connectivity index (χ1) is 11.0. The number of aromatic nitrogens is 2. The molecule has 2 heterocycles. The van der Waals surface area contributed by atoms with E-state index in [-0.39, 0.29) is 11.7 Å². The molecule has 0 aliphatic carbocycles. The van der Waals surface area contributed by atoms with Gasteiger partial charge in [0.1, 0.15) is 0 Å². The lowest BCUT2D eigenvalue weighted by Crippen LogP contribution is -2.57. The molecule has 0 N–H and O–H groups in total. The third kappa shape index (κ3) is 3.29. The summed E-state index contributed by atoms with van der Waals surface area (Å²) >= 11 is 0. The molecule has 7 heteroatoms. The summed E-state index contributed by atoms with van der Waals surface area (Å²) in [5.74, 6) is 0.0181. The Labute approximate surface area is 135 Å². The maximum Gasteiger partial charge on any atom is 0.253 e. The van der Waals surface area contributed by atoms with Gasteiger partial charge in [0.25, 0.3) is 5.91 Å². The van der Waals surface area contributed by atoms with Crippen molar-refractivity contribution in [2.24, 2.45) is 0 Å². The highest BCUT2D eigenvalue weighted by Crippen LogP contribution is 2.20. The van der Waals surface area contributed by atoms with Crippen LogP contribution in [0, 0.1) is 0 Å². The van der Waals surface area contributed by atoms with Crippen LogP contribution in [0.25, 0.3) is 0 Å². The third-order valence-corrected chi connectivity index (χ3v) is 6.29. The van der Waals surface area contributed by atoms with Crippen molar-refractivity contribution >= 4 is 15.7 Å². The molecule has 3 rings (SSSR count). The van der Waals surface area contributed by atoms with Gasteiger partial charge in [0.05, 0.1) is 11.6 Å². The standard InChI is InChI=1S/C16H19N3O3S/c1-2-23(21,22)15-10-19(11-15)16(20)14-5-3-13(4-6-14)9-18-8-7-17-12-18/h3-8,12,15H,2,9-11H2,1H3. The number of hydrogen-bond acceptors (Lipinski definition) is 4. The fourth-order valence-electron chi connectivity index (χ4n) is 2.59. The summed E-state index contributed by atoms with van der Waals surface area (Å²) in [5.41, 5.74) is 1.67. The van der Waals surface area contributed by atoms with Gasteiger partial charge in [-0.1, -0.05) is 19.1 Å². The molecule has 0 radical (unpaired) electrons.